The number of nitrogens with one attached hydrogen (secondary N) is 2. The fraction of sp³-hybridized carbons (Fsp3) is 0.227. The molecule has 31 heavy (non-hydrogen) atoms. The lowest BCUT2D eigenvalue weighted by Crippen LogP contribution is -2.21. The molecule has 4 rings (SSSR count). The molecule has 9 nitrogen and oxygen atoms in total. The maximum atomic E-state index is 12.5. The first-order chi connectivity index (χ1) is 15.1. The summed E-state index contributed by atoms with van der Waals surface area (Å²) in [5.74, 6) is 1.46. The Bertz CT molecular complexity index is 1250. The Morgan fingerprint density at radius 1 is 1.16 bits per heavy atom. The fourth-order valence-electron chi connectivity index (χ4n) is 3.23. The predicted molar refractivity (Wildman–Crippen MR) is 116 cm³/mol. The number of carbonyl (C=O) groups is 1. The molecule has 1 amide bonds. The van der Waals surface area contributed by atoms with Crippen LogP contribution in [0.25, 0.3) is 10.9 Å². The van der Waals surface area contributed by atoms with Gasteiger partial charge in [0.15, 0.2) is 0 Å². The predicted octanol–water partition coefficient (Wildman–Crippen LogP) is 2.53. The van der Waals surface area contributed by atoms with Gasteiger partial charge in [0.05, 0.1) is 24.3 Å². The zero-order chi connectivity index (χ0) is 21.6. The van der Waals surface area contributed by atoms with Crippen molar-refractivity contribution in [2.24, 2.45) is 0 Å². The normalized spacial score (nSPS) is 10.9. The zero-order valence-corrected chi connectivity index (χ0v) is 17.0. The van der Waals surface area contributed by atoms with Gasteiger partial charge in [-0.1, -0.05) is 24.3 Å². The number of benzene rings is 2. The van der Waals surface area contributed by atoms with Crippen LogP contribution in [0.3, 0.4) is 0 Å². The molecular weight excluding hydrogens is 396 g/mol. The summed E-state index contributed by atoms with van der Waals surface area (Å²) in [5.41, 5.74) is 1.60. The lowest BCUT2D eigenvalue weighted by atomic mass is 10.1. The van der Waals surface area contributed by atoms with E-state index in [1.165, 1.54) is 10.9 Å². The highest BCUT2D eigenvalue weighted by Crippen LogP contribution is 2.14. The lowest BCUT2D eigenvalue weighted by Gasteiger charge is -2.06. The number of methoxy groups -OCH3 is 1. The molecule has 0 aliphatic carbocycles. The van der Waals surface area contributed by atoms with E-state index in [9.17, 15) is 9.59 Å². The molecule has 0 spiro atoms. The first-order valence-corrected chi connectivity index (χ1v) is 9.90. The SMILES string of the molecule is COc1ccc(Cc2nc(NC(=O)CCCn3cnc4ccccc4c3=O)n[nH]2)cc1. The van der Waals surface area contributed by atoms with E-state index in [1.54, 1.807) is 19.2 Å². The van der Waals surface area contributed by atoms with Crippen molar-refractivity contribution in [3.05, 3.63) is 76.6 Å². The smallest absolute Gasteiger partial charge is 0.261 e. The van der Waals surface area contributed by atoms with E-state index < -0.39 is 0 Å². The minimum atomic E-state index is -0.211. The Morgan fingerprint density at radius 3 is 2.77 bits per heavy atom. The van der Waals surface area contributed by atoms with E-state index in [0.717, 1.165) is 11.3 Å². The number of aromatic amines is 1. The Balaban J connectivity index is 1.28. The number of fused-ring (bicyclic) bond motifs is 1. The van der Waals surface area contributed by atoms with E-state index in [-0.39, 0.29) is 23.8 Å². The number of hydrogen-bond acceptors (Lipinski definition) is 6. The summed E-state index contributed by atoms with van der Waals surface area (Å²) in [6, 6.07) is 14.9. The number of carbonyl (C=O) groups excluding carboxylic acids is 1. The van der Waals surface area contributed by atoms with Gasteiger partial charge in [-0.15, -0.1) is 5.10 Å². The Morgan fingerprint density at radius 2 is 1.97 bits per heavy atom. The largest absolute Gasteiger partial charge is 0.497 e. The highest BCUT2D eigenvalue weighted by molar-refractivity contribution is 5.88. The summed E-state index contributed by atoms with van der Waals surface area (Å²) < 4.78 is 6.67. The third-order valence-corrected chi connectivity index (χ3v) is 4.85. The van der Waals surface area contributed by atoms with Crippen LogP contribution in [-0.2, 0) is 17.8 Å². The molecule has 4 aromatic rings. The van der Waals surface area contributed by atoms with Crippen LogP contribution in [0.2, 0.25) is 0 Å². The number of aryl methyl sites for hydroxylation is 1. The van der Waals surface area contributed by atoms with Crippen molar-refractivity contribution < 1.29 is 9.53 Å². The number of rotatable bonds is 8. The third kappa shape index (κ3) is 4.95. The lowest BCUT2D eigenvalue weighted by molar-refractivity contribution is -0.116. The number of aromatic nitrogens is 5. The van der Waals surface area contributed by atoms with E-state index in [4.69, 9.17) is 4.74 Å². The number of para-hydroxylation sites is 1. The highest BCUT2D eigenvalue weighted by Gasteiger charge is 2.09. The van der Waals surface area contributed by atoms with E-state index >= 15 is 0 Å². The molecule has 0 saturated heterocycles. The second-order valence-corrected chi connectivity index (χ2v) is 7.04. The molecule has 0 fully saturated rings. The van der Waals surface area contributed by atoms with Gasteiger partial charge in [0.2, 0.25) is 11.9 Å². The summed E-state index contributed by atoms with van der Waals surface area (Å²) in [5, 5.41) is 10.1. The summed E-state index contributed by atoms with van der Waals surface area (Å²) >= 11 is 0. The van der Waals surface area contributed by atoms with Gasteiger partial charge < -0.3 is 4.74 Å². The number of ether oxygens (including phenoxy) is 1. The Kier molecular flexibility index (Phi) is 6.02. The first-order valence-electron chi connectivity index (χ1n) is 9.90. The minimum absolute atomic E-state index is 0.108. The maximum absolute atomic E-state index is 12.5. The summed E-state index contributed by atoms with van der Waals surface area (Å²) in [6.07, 6.45) is 2.81. The van der Waals surface area contributed by atoms with Crippen LogP contribution in [-0.4, -0.2) is 37.7 Å². The molecule has 9 heteroatoms. The van der Waals surface area contributed by atoms with Crippen LogP contribution in [0, 0.1) is 0 Å². The summed E-state index contributed by atoms with van der Waals surface area (Å²) in [6.45, 7) is 0.404. The number of hydrogen-bond donors (Lipinski definition) is 2. The highest BCUT2D eigenvalue weighted by atomic mass is 16.5. The van der Waals surface area contributed by atoms with Gasteiger partial charge in [0.25, 0.3) is 5.56 Å². The average Bonchev–Trinajstić information content (AvgIpc) is 3.22. The Labute approximate surface area is 178 Å². The van der Waals surface area contributed by atoms with Gasteiger partial charge in [-0.05, 0) is 36.2 Å². The molecule has 0 aliphatic rings. The second kappa shape index (κ2) is 9.21. The van der Waals surface area contributed by atoms with Crippen LogP contribution >= 0.6 is 0 Å². The van der Waals surface area contributed by atoms with E-state index in [2.05, 4.69) is 25.5 Å². The molecule has 2 heterocycles. The quantitative estimate of drug-likeness (QED) is 0.454. The molecule has 0 bridgehead atoms. The second-order valence-electron chi connectivity index (χ2n) is 7.04. The molecule has 0 radical (unpaired) electrons. The topological polar surface area (TPSA) is 115 Å². The first kappa shape index (κ1) is 20.3. The average molecular weight is 418 g/mol. The number of amides is 1. The molecule has 0 atom stereocenters. The van der Waals surface area contributed by atoms with Crippen molar-refractivity contribution in [1.82, 2.24) is 24.7 Å². The maximum Gasteiger partial charge on any atom is 0.261 e. The zero-order valence-electron chi connectivity index (χ0n) is 17.0. The molecule has 2 aromatic heterocycles. The van der Waals surface area contributed by atoms with Crippen LogP contribution in [0.5, 0.6) is 5.75 Å². The van der Waals surface area contributed by atoms with Crippen molar-refractivity contribution in [3.8, 4) is 5.75 Å². The molecule has 158 valence electrons. The van der Waals surface area contributed by atoms with Crippen LogP contribution in [0.4, 0.5) is 5.95 Å². The van der Waals surface area contributed by atoms with Crippen molar-refractivity contribution >= 4 is 22.8 Å². The molecule has 0 aliphatic heterocycles. The number of anilines is 1. The van der Waals surface area contributed by atoms with Crippen LogP contribution < -0.4 is 15.6 Å². The van der Waals surface area contributed by atoms with Crippen molar-refractivity contribution in [3.63, 3.8) is 0 Å². The van der Waals surface area contributed by atoms with Gasteiger partial charge in [0.1, 0.15) is 11.6 Å². The molecule has 0 unspecified atom stereocenters. The molecular formula is C22H22N6O3. The summed E-state index contributed by atoms with van der Waals surface area (Å²) in [7, 11) is 1.62. The van der Waals surface area contributed by atoms with Crippen molar-refractivity contribution in [1.29, 1.82) is 0 Å². The number of H-pyrrole nitrogens is 1. The van der Waals surface area contributed by atoms with Crippen LogP contribution in [0.1, 0.15) is 24.2 Å². The van der Waals surface area contributed by atoms with Gasteiger partial charge in [-0.25, -0.2) is 4.98 Å². The minimum Gasteiger partial charge on any atom is -0.497 e. The van der Waals surface area contributed by atoms with E-state index in [1.807, 2.05) is 36.4 Å². The molecule has 2 aromatic carbocycles. The summed E-state index contributed by atoms with van der Waals surface area (Å²) in [4.78, 5) is 33.3. The molecule has 0 saturated carbocycles. The van der Waals surface area contributed by atoms with Gasteiger partial charge in [-0.3, -0.25) is 24.6 Å². The van der Waals surface area contributed by atoms with Crippen molar-refractivity contribution in [2.45, 2.75) is 25.8 Å². The standard InChI is InChI=1S/C22H22N6O3/c1-31-16-10-8-15(9-11-16)13-19-24-22(27-26-19)25-20(29)7-4-12-28-14-23-18-6-3-2-5-17(18)21(28)30/h2-3,5-6,8-11,14H,4,7,12-13H2,1H3,(H2,24,25,26,27,29). The Hall–Kier alpha value is -4.01. The van der Waals surface area contributed by atoms with Gasteiger partial charge in [0, 0.05) is 19.4 Å². The fourth-order valence-corrected chi connectivity index (χ4v) is 3.23. The van der Waals surface area contributed by atoms with Crippen LogP contribution in [0.15, 0.2) is 59.7 Å². The van der Waals surface area contributed by atoms with E-state index in [0.29, 0.717) is 36.1 Å². The van der Waals surface area contributed by atoms with Crippen molar-refractivity contribution in [2.75, 3.05) is 12.4 Å². The monoisotopic (exact) mass is 418 g/mol. The third-order valence-electron chi connectivity index (χ3n) is 4.85. The molecule has 2 N–H and O–H groups in total. The number of nitrogens with zero attached hydrogens (tertiary/aromatic N) is 4. The van der Waals surface area contributed by atoms with Gasteiger partial charge in [-0.2, -0.15) is 4.98 Å². The van der Waals surface area contributed by atoms with Gasteiger partial charge >= 0.3 is 0 Å².